The van der Waals surface area contributed by atoms with Gasteiger partial charge >= 0.3 is 6.09 Å². The molecule has 1 aliphatic heterocycles. The number of carbonyl (C=O) groups excluding carboxylic acids is 1. The SMILES string of the molecule is Cc1ccc(N)c(C)c1N1CCOC1=O. The molecule has 1 aliphatic rings. The van der Waals surface area contributed by atoms with E-state index in [0.717, 1.165) is 16.8 Å². The Morgan fingerprint density at radius 2 is 2.13 bits per heavy atom. The number of rotatable bonds is 1. The maximum absolute atomic E-state index is 11.5. The largest absolute Gasteiger partial charge is 0.447 e. The number of cyclic esters (lactones) is 1. The third kappa shape index (κ3) is 1.52. The van der Waals surface area contributed by atoms with Crippen LogP contribution < -0.4 is 10.6 Å². The van der Waals surface area contributed by atoms with E-state index in [4.69, 9.17) is 10.5 Å². The van der Waals surface area contributed by atoms with Crippen molar-refractivity contribution < 1.29 is 9.53 Å². The molecule has 4 nitrogen and oxygen atoms in total. The molecule has 0 radical (unpaired) electrons. The summed E-state index contributed by atoms with van der Waals surface area (Å²) in [6.45, 7) is 4.94. The zero-order valence-corrected chi connectivity index (χ0v) is 8.91. The van der Waals surface area contributed by atoms with Crippen LogP contribution in [0.15, 0.2) is 12.1 Å². The molecule has 1 fully saturated rings. The van der Waals surface area contributed by atoms with E-state index in [0.29, 0.717) is 18.8 Å². The maximum atomic E-state index is 11.5. The van der Waals surface area contributed by atoms with Crippen LogP contribution in [0.25, 0.3) is 0 Å². The lowest BCUT2D eigenvalue weighted by atomic mass is 10.1. The molecule has 15 heavy (non-hydrogen) atoms. The summed E-state index contributed by atoms with van der Waals surface area (Å²) in [4.78, 5) is 13.1. The van der Waals surface area contributed by atoms with Crippen molar-refractivity contribution in [2.24, 2.45) is 0 Å². The Hall–Kier alpha value is -1.71. The molecule has 4 heteroatoms. The zero-order chi connectivity index (χ0) is 11.0. The number of amides is 1. The monoisotopic (exact) mass is 206 g/mol. The van der Waals surface area contributed by atoms with E-state index in [9.17, 15) is 4.79 Å². The van der Waals surface area contributed by atoms with Crippen LogP contribution in [0.3, 0.4) is 0 Å². The fraction of sp³-hybridized carbons (Fsp3) is 0.364. The van der Waals surface area contributed by atoms with Gasteiger partial charge in [-0.05, 0) is 31.0 Å². The number of ether oxygens (including phenoxy) is 1. The lowest BCUT2D eigenvalue weighted by Gasteiger charge is -2.19. The van der Waals surface area contributed by atoms with Gasteiger partial charge in [-0.2, -0.15) is 0 Å². The summed E-state index contributed by atoms with van der Waals surface area (Å²) in [6.07, 6.45) is -0.285. The van der Waals surface area contributed by atoms with Crippen LogP contribution in [0.4, 0.5) is 16.2 Å². The van der Waals surface area contributed by atoms with Crippen LogP contribution in [0, 0.1) is 13.8 Å². The van der Waals surface area contributed by atoms with Gasteiger partial charge in [-0.1, -0.05) is 6.07 Å². The number of aryl methyl sites for hydroxylation is 1. The number of carbonyl (C=O) groups is 1. The van der Waals surface area contributed by atoms with Gasteiger partial charge in [0.2, 0.25) is 0 Å². The molecule has 2 rings (SSSR count). The average Bonchev–Trinajstić information content (AvgIpc) is 2.60. The van der Waals surface area contributed by atoms with Crippen LogP contribution in [-0.2, 0) is 4.74 Å². The van der Waals surface area contributed by atoms with E-state index in [1.807, 2.05) is 26.0 Å². The van der Waals surface area contributed by atoms with E-state index in [1.165, 1.54) is 0 Å². The highest BCUT2D eigenvalue weighted by Gasteiger charge is 2.26. The van der Waals surface area contributed by atoms with Gasteiger partial charge < -0.3 is 10.5 Å². The molecule has 0 aliphatic carbocycles. The highest BCUT2D eigenvalue weighted by atomic mass is 16.6. The summed E-state index contributed by atoms with van der Waals surface area (Å²) >= 11 is 0. The predicted molar refractivity (Wildman–Crippen MR) is 59.0 cm³/mol. The summed E-state index contributed by atoms with van der Waals surface area (Å²) in [5.74, 6) is 0. The molecule has 1 heterocycles. The summed E-state index contributed by atoms with van der Waals surface area (Å²) < 4.78 is 4.92. The average molecular weight is 206 g/mol. The second-order valence-electron chi connectivity index (χ2n) is 3.71. The lowest BCUT2D eigenvalue weighted by Crippen LogP contribution is -2.25. The van der Waals surface area contributed by atoms with Crippen molar-refractivity contribution in [3.8, 4) is 0 Å². The molecule has 0 atom stereocenters. The van der Waals surface area contributed by atoms with Gasteiger partial charge in [0, 0.05) is 5.69 Å². The second-order valence-corrected chi connectivity index (χ2v) is 3.71. The standard InChI is InChI=1S/C11H14N2O2/c1-7-3-4-9(12)8(2)10(7)13-5-6-15-11(13)14/h3-4H,5-6,12H2,1-2H3. The predicted octanol–water partition coefficient (Wildman–Crippen LogP) is 1.84. The third-order valence-electron chi connectivity index (χ3n) is 2.71. The number of nitrogen functional groups attached to an aromatic ring is 1. The third-order valence-corrected chi connectivity index (χ3v) is 2.71. The van der Waals surface area contributed by atoms with Crippen LogP contribution in [0.5, 0.6) is 0 Å². The fourth-order valence-corrected chi connectivity index (χ4v) is 1.86. The molecule has 0 unspecified atom stereocenters. The smallest absolute Gasteiger partial charge is 0.414 e. The second kappa shape index (κ2) is 3.46. The zero-order valence-electron chi connectivity index (χ0n) is 8.91. The number of hydrogen-bond donors (Lipinski definition) is 1. The van der Waals surface area contributed by atoms with Crippen molar-refractivity contribution in [1.29, 1.82) is 0 Å². The first kappa shape index (κ1) is 9.83. The van der Waals surface area contributed by atoms with Gasteiger partial charge in [-0.25, -0.2) is 4.79 Å². The number of benzene rings is 1. The van der Waals surface area contributed by atoms with Crippen molar-refractivity contribution >= 4 is 17.5 Å². The van der Waals surface area contributed by atoms with E-state index < -0.39 is 0 Å². The summed E-state index contributed by atoms with van der Waals surface area (Å²) in [5.41, 5.74) is 9.40. The van der Waals surface area contributed by atoms with E-state index >= 15 is 0 Å². The molecule has 1 saturated heterocycles. The van der Waals surface area contributed by atoms with Crippen LogP contribution >= 0.6 is 0 Å². The number of anilines is 2. The number of nitrogens with two attached hydrogens (primary N) is 1. The van der Waals surface area contributed by atoms with Gasteiger partial charge in [-0.15, -0.1) is 0 Å². The molecule has 0 bridgehead atoms. The molecule has 0 aromatic heterocycles. The van der Waals surface area contributed by atoms with Crippen molar-refractivity contribution in [3.63, 3.8) is 0 Å². The molecular weight excluding hydrogens is 192 g/mol. The van der Waals surface area contributed by atoms with Gasteiger partial charge in [-0.3, -0.25) is 4.90 Å². The van der Waals surface area contributed by atoms with E-state index in [1.54, 1.807) is 4.90 Å². The van der Waals surface area contributed by atoms with Crippen molar-refractivity contribution in [2.45, 2.75) is 13.8 Å². The highest BCUT2D eigenvalue weighted by Crippen LogP contribution is 2.30. The first-order valence-corrected chi connectivity index (χ1v) is 4.91. The Kier molecular flexibility index (Phi) is 2.26. The Balaban J connectivity index is 2.51. The minimum absolute atomic E-state index is 0.285. The molecule has 0 saturated carbocycles. The fourth-order valence-electron chi connectivity index (χ4n) is 1.86. The topological polar surface area (TPSA) is 55.6 Å². The number of nitrogens with zero attached hydrogens (tertiary/aromatic N) is 1. The minimum Gasteiger partial charge on any atom is -0.447 e. The van der Waals surface area contributed by atoms with Gasteiger partial charge in [0.15, 0.2) is 0 Å². The number of hydrogen-bond acceptors (Lipinski definition) is 3. The first-order chi connectivity index (χ1) is 7.11. The molecule has 1 aromatic carbocycles. The summed E-state index contributed by atoms with van der Waals surface area (Å²) in [5, 5.41) is 0. The van der Waals surface area contributed by atoms with E-state index in [-0.39, 0.29) is 6.09 Å². The Morgan fingerprint density at radius 3 is 2.73 bits per heavy atom. The molecule has 1 amide bonds. The Morgan fingerprint density at radius 1 is 1.40 bits per heavy atom. The highest BCUT2D eigenvalue weighted by molar-refractivity contribution is 5.92. The molecular formula is C11H14N2O2. The molecule has 80 valence electrons. The van der Waals surface area contributed by atoms with E-state index in [2.05, 4.69) is 0 Å². The molecule has 0 spiro atoms. The van der Waals surface area contributed by atoms with Crippen LogP contribution in [-0.4, -0.2) is 19.2 Å². The Labute approximate surface area is 88.6 Å². The molecule has 1 aromatic rings. The summed E-state index contributed by atoms with van der Waals surface area (Å²) in [7, 11) is 0. The van der Waals surface area contributed by atoms with Gasteiger partial charge in [0.05, 0.1) is 12.2 Å². The van der Waals surface area contributed by atoms with Crippen molar-refractivity contribution in [1.82, 2.24) is 0 Å². The first-order valence-electron chi connectivity index (χ1n) is 4.91. The summed E-state index contributed by atoms with van der Waals surface area (Å²) in [6, 6.07) is 3.78. The molecule has 2 N–H and O–H groups in total. The van der Waals surface area contributed by atoms with Crippen LogP contribution in [0.1, 0.15) is 11.1 Å². The normalized spacial score (nSPS) is 15.6. The van der Waals surface area contributed by atoms with Crippen LogP contribution in [0.2, 0.25) is 0 Å². The lowest BCUT2D eigenvalue weighted by molar-refractivity contribution is 0.181. The van der Waals surface area contributed by atoms with Gasteiger partial charge in [0.25, 0.3) is 0 Å². The quantitative estimate of drug-likeness (QED) is 0.713. The minimum atomic E-state index is -0.285. The van der Waals surface area contributed by atoms with Crippen molar-refractivity contribution in [2.75, 3.05) is 23.8 Å². The van der Waals surface area contributed by atoms with Crippen molar-refractivity contribution in [3.05, 3.63) is 23.3 Å². The Bertz CT molecular complexity index is 415. The maximum Gasteiger partial charge on any atom is 0.414 e. The van der Waals surface area contributed by atoms with Gasteiger partial charge in [0.1, 0.15) is 6.61 Å².